The van der Waals surface area contributed by atoms with Gasteiger partial charge in [0.2, 0.25) is 0 Å². The lowest BCUT2D eigenvalue weighted by Crippen LogP contribution is -2.04. The van der Waals surface area contributed by atoms with E-state index in [1.807, 2.05) is 4.57 Å². The van der Waals surface area contributed by atoms with E-state index in [1.54, 1.807) is 13.4 Å². The summed E-state index contributed by atoms with van der Waals surface area (Å²) in [4.78, 5) is 0. The molecule has 1 aromatic heterocycles. The first kappa shape index (κ1) is 8.20. The van der Waals surface area contributed by atoms with Crippen LogP contribution >= 0.6 is 0 Å². The third-order valence-electron chi connectivity index (χ3n) is 1.57. The predicted octanol–water partition coefficient (Wildman–Crippen LogP) is 0.487. The number of ether oxygens (including phenoxy) is 1. The van der Waals surface area contributed by atoms with E-state index in [0.717, 1.165) is 18.8 Å². The molecule has 0 fully saturated rings. The molecule has 4 nitrogen and oxygen atoms in total. The second-order valence-electron chi connectivity index (χ2n) is 2.28. The monoisotopic (exact) mass is 155 g/mol. The van der Waals surface area contributed by atoms with Crippen molar-refractivity contribution in [3.05, 3.63) is 12.2 Å². The molecule has 0 saturated carbocycles. The summed E-state index contributed by atoms with van der Waals surface area (Å²) in [5, 5.41) is 7.76. The van der Waals surface area contributed by atoms with E-state index in [2.05, 4.69) is 17.1 Å². The summed E-state index contributed by atoms with van der Waals surface area (Å²) in [5.41, 5.74) is 0. The fraction of sp³-hybridized carbons (Fsp3) is 0.714. The summed E-state index contributed by atoms with van der Waals surface area (Å²) in [7, 11) is 1.69. The Bertz CT molecular complexity index is 209. The highest BCUT2D eigenvalue weighted by molar-refractivity contribution is 4.84. The van der Waals surface area contributed by atoms with Crippen LogP contribution in [0.2, 0.25) is 0 Å². The van der Waals surface area contributed by atoms with Crippen molar-refractivity contribution >= 4 is 0 Å². The van der Waals surface area contributed by atoms with E-state index in [0.29, 0.717) is 6.61 Å². The van der Waals surface area contributed by atoms with Gasteiger partial charge in [-0.15, -0.1) is 10.2 Å². The lowest BCUT2D eigenvalue weighted by molar-refractivity contribution is 0.199. The van der Waals surface area contributed by atoms with Crippen molar-refractivity contribution in [2.45, 2.75) is 19.9 Å². The zero-order valence-electron chi connectivity index (χ0n) is 6.95. The number of methoxy groups -OCH3 is 1. The largest absolute Gasteiger partial charge is 0.384 e. The summed E-state index contributed by atoms with van der Waals surface area (Å²) >= 11 is 0. The van der Waals surface area contributed by atoms with Crippen LogP contribution in [0.4, 0.5) is 0 Å². The Morgan fingerprint density at radius 1 is 1.64 bits per heavy atom. The molecule has 0 aliphatic heterocycles. The van der Waals surface area contributed by atoms with Gasteiger partial charge in [-0.25, -0.2) is 0 Å². The number of aryl methyl sites for hydroxylation is 1. The topological polar surface area (TPSA) is 39.9 Å². The Kier molecular flexibility index (Phi) is 3.04. The smallest absolute Gasteiger partial charge is 0.135 e. The van der Waals surface area contributed by atoms with Crippen LogP contribution in [0.25, 0.3) is 0 Å². The number of hydrogen-bond acceptors (Lipinski definition) is 3. The van der Waals surface area contributed by atoms with Crippen molar-refractivity contribution in [1.82, 2.24) is 14.8 Å². The van der Waals surface area contributed by atoms with Gasteiger partial charge in [-0.3, -0.25) is 0 Å². The molecular weight excluding hydrogens is 142 g/mol. The molecule has 0 bridgehead atoms. The van der Waals surface area contributed by atoms with Gasteiger partial charge in [-0.2, -0.15) is 0 Å². The summed E-state index contributed by atoms with van der Waals surface area (Å²) in [5.74, 6) is 0.995. The van der Waals surface area contributed by atoms with Crippen molar-refractivity contribution in [3.8, 4) is 0 Å². The molecule has 0 saturated heterocycles. The van der Waals surface area contributed by atoms with Crippen LogP contribution in [0.15, 0.2) is 6.33 Å². The van der Waals surface area contributed by atoms with Gasteiger partial charge in [-0.1, -0.05) is 0 Å². The summed E-state index contributed by atoms with van der Waals surface area (Å²) in [6, 6.07) is 0. The molecule has 1 heterocycles. The molecule has 62 valence electrons. The molecule has 0 aliphatic carbocycles. The average Bonchev–Trinajstić information content (AvgIpc) is 2.47. The molecule has 0 N–H and O–H groups in total. The van der Waals surface area contributed by atoms with Crippen molar-refractivity contribution in [1.29, 1.82) is 0 Å². The maximum Gasteiger partial charge on any atom is 0.135 e. The van der Waals surface area contributed by atoms with Gasteiger partial charge in [0, 0.05) is 20.1 Å². The van der Waals surface area contributed by atoms with Crippen molar-refractivity contribution in [2.24, 2.45) is 0 Å². The maximum atomic E-state index is 4.93. The van der Waals surface area contributed by atoms with Crippen LogP contribution in [-0.4, -0.2) is 28.5 Å². The van der Waals surface area contributed by atoms with Gasteiger partial charge in [0.1, 0.15) is 12.2 Å². The lowest BCUT2D eigenvalue weighted by atomic mass is 10.4. The Morgan fingerprint density at radius 3 is 3.09 bits per heavy atom. The standard InChI is InChI=1S/C7H13N3O/c1-3-10-6-8-9-7(10)4-5-11-2/h6H,3-5H2,1-2H3. The highest BCUT2D eigenvalue weighted by atomic mass is 16.5. The Balaban J connectivity index is 2.54. The lowest BCUT2D eigenvalue weighted by Gasteiger charge is -2.00. The first-order valence-electron chi connectivity index (χ1n) is 3.74. The first-order valence-corrected chi connectivity index (χ1v) is 3.74. The molecule has 11 heavy (non-hydrogen) atoms. The van der Waals surface area contributed by atoms with Crippen molar-refractivity contribution in [2.75, 3.05) is 13.7 Å². The molecular formula is C7H13N3O. The molecule has 0 unspecified atom stereocenters. The van der Waals surface area contributed by atoms with Crippen LogP contribution in [-0.2, 0) is 17.7 Å². The van der Waals surface area contributed by atoms with E-state index >= 15 is 0 Å². The van der Waals surface area contributed by atoms with Crippen LogP contribution in [0.3, 0.4) is 0 Å². The number of rotatable bonds is 4. The zero-order chi connectivity index (χ0) is 8.10. The second-order valence-corrected chi connectivity index (χ2v) is 2.28. The highest BCUT2D eigenvalue weighted by Gasteiger charge is 2.00. The summed E-state index contributed by atoms with van der Waals surface area (Å²) < 4.78 is 6.95. The molecule has 0 atom stereocenters. The molecule has 0 amide bonds. The Morgan fingerprint density at radius 2 is 2.45 bits per heavy atom. The number of aromatic nitrogens is 3. The minimum absolute atomic E-state index is 0.707. The zero-order valence-corrected chi connectivity index (χ0v) is 6.95. The average molecular weight is 155 g/mol. The van der Waals surface area contributed by atoms with E-state index < -0.39 is 0 Å². The second kappa shape index (κ2) is 4.08. The molecule has 4 heteroatoms. The van der Waals surface area contributed by atoms with E-state index in [4.69, 9.17) is 4.74 Å². The Labute approximate surface area is 66.2 Å². The van der Waals surface area contributed by atoms with Gasteiger partial charge < -0.3 is 9.30 Å². The van der Waals surface area contributed by atoms with Gasteiger partial charge in [0.25, 0.3) is 0 Å². The van der Waals surface area contributed by atoms with Crippen molar-refractivity contribution in [3.63, 3.8) is 0 Å². The first-order chi connectivity index (χ1) is 5.38. The molecule has 1 aromatic rings. The third-order valence-corrected chi connectivity index (χ3v) is 1.57. The van der Waals surface area contributed by atoms with E-state index in [-0.39, 0.29) is 0 Å². The van der Waals surface area contributed by atoms with Crippen LogP contribution in [0.5, 0.6) is 0 Å². The fourth-order valence-corrected chi connectivity index (χ4v) is 0.930. The molecule has 0 radical (unpaired) electrons. The molecule has 0 spiro atoms. The number of nitrogens with zero attached hydrogens (tertiary/aromatic N) is 3. The highest BCUT2D eigenvalue weighted by Crippen LogP contribution is 1.95. The fourth-order valence-electron chi connectivity index (χ4n) is 0.930. The maximum absolute atomic E-state index is 4.93. The normalized spacial score (nSPS) is 10.4. The van der Waals surface area contributed by atoms with Crippen LogP contribution < -0.4 is 0 Å². The van der Waals surface area contributed by atoms with Crippen molar-refractivity contribution < 1.29 is 4.74 Å². The number of hydrogen-bond donors (Lipinski definition) is 0. The minimum atomic E-state index is 0.707. The van der Waals surface area contributed by atoms with Gasteiger partial charge in [0.15, 0.2) is 0 Å². The quantitative estimate of drug-likeness (QED) is 0.635. The van der Waals surface area contributed by atoms with Gasteiger partial charge in [-0.05, 0) is 6.92 Å². The third kappa shape index (κ3) is 2.01. The van der Waals surface area contributed by atoms with Gasteiger partial charge >= 0.3 is 0 Å². The molecule has 0 aromatic carbocycles. The predicted molar refractivity (Wildman–Crippen MR) is 41.3 cm³/mol. The SMILES string of the molecule is CCn1cnnc1CCOC. The summed E-state index contributed by atoms with van der Waals surface area (Å²) in [6.45, 7) is 3.70. The molecule has 0 aliphatic rings. The minimum Gasteiger partial charge on any atom is -0.384 e. The summed E-state index contributed by atoms with van der Waals surface area (Å²) in [6.07, 6.45) is 2.58. The van der Waals surface area contributed by atoms with Gasteiger partial charge in [0.05, 0.1) is 6.61 Å². The van der Waals surface area contributed by atoms with E-state index in [9.17, 15) is 0 Å². The van der Waals surface area contributed by atoms with Crippen LogP contribution in [0.1, 0.15) is 12.7 Å². The molecule has 1 rings (SSSR count). The van der Waals surface area contributed by atoms with Crippen LogP contribution in [0, 0.1) is 0 Å². The Hall–Kier alpha value is -0.900. The van der Waals surface area contributed by atoms with E-state index in [1.165, 1.54) is 0 Å².